The topological polar surface area (TPSA) is 85.2 Å². The number of nitrogens with zero attached hydrogens (tertiary/aromatic N) is 5. The Balaban J connectivity index is 0.000000242. The number of carbonyl (C=O) groups excluding carboxylic acids is 1. The smallest absolute Gasteiger partial charge is 0.407 e. The van der Waals surface area contributed by atoms with Crippen LogP contribution in [-0.2, 0) is 4.74 Å². The first-order valence-corrected chi connectivity index (χ1v) is 9.70. The van der Waals surface area contributed by atoms with Gasteiger partial charge in [0.2, 0.25) is 5.95 Å². The maximum absolute atomic E-state index is 10.7. The van der Waals surface area contributed by atoms with E-state index < -0.39 is 0 Å². The third-order valence-corrected chi connectivity index (χ3v) is 4.18. The van der Waals surface area contributed by atoms with E-state index >= 15 is 0 Å². The molecule has 2 aromatic heterocycles. The van der Waals surface area contributed by atoms with Crippen molar-refractivity contribution >= 4 is 6.09 Å². The predicted molar refractivity (Wildman–Crippen MR) is 108 cm³/mol. The first kappa shape index (κ1) is 21.8. The van der Waals surface area contributed by atoms with Crippen molar-refractivity contribution < 1.29 is 9.53 Å². The van der Waals surface area contributed by atoms with Crippen molar-refractivity contribution in [3.05, 3.63) is 36.2 Å². The highest BCUT2D eigenvalue weighted by Gasteiger charge is 2.24. The van der Waals surface area contributed by atoms with Crippen LogP contribution in [0.25, 0.3) is 5.95 Å². The second kappa shape index (κ2) is 9.64. The molecular formula is C20H32N6O2. The van der Waals surface area contributed by atoms with Crippen LogP contribution in [0.15, 0.2) is 24.8 Å². The highest BCUT2D eigenvalue weighted by Crippen LogP contribution is 2.29. The Morgan fingerprint density at radius 3 is 2.64 bits per heavy atom. The first-order valence-electron chi connectivity index (χ1n) is 9.70. The zero-order chi connectivity index (χ0) is 20.7. The number of nitrogens with one attached hydrogen (secondary N) is 1. The Morgan fingerprint density at radius 1 is 1.36 bits per heavy atom. The molecule has 0 saturated carbocycles. The van der Waals surface area contributed by atoms with Gasteiger partial charge in [-0.2, -0.15) is 0 Å². The summed E-state index contributed by atoms with van der Waals surface area (Å²) < 4.78 is 6.78. The highest BCUT2D eigenvalue weighted by atomic mass is 16.6. The quantitative estimate of drug-likeness (QED) is 0.869. The summed E-state index contributed by atoms with van der Waals surface area (Å²) in [4.78, 5) is 26.3. The van der Waals surface area contributed by atoms with E-state index in [-0.39, 0.29) is 11.7 Å². The van der Waals surface area contributed by atoms with Gasteiger partial charge in [0.15, 0.2) is 0 Å². The molecule has 1 aliphatic heterocycles. The number of imidazole rings is 1. The Labute approximate surface area is 167 Å². The van der Waals surface area contributed by atoms with Gasteiger partial charge in [-0.1, -0.05) is 0 Å². The summed E-state index contributed by atoms with van der Waals surface area (Å²) in [7, 11) is 2.16. The van der Waals surface area contributed by atoms with Crippen molar-refractivity contribution in [2.24, 2.45) is 0 Å². The van der Waals surface area contributed by atoms with Gasteiger partial charge in [-0.3, -0.25) is 9.47 Å². The Hall–Kier alpha value is -2.48. The van der Waals surface area contributed by atoms with Crippen LogP contribution >= 0.6 is 0 Å². The number of hydrogen-bond donors (Lipinski definition) is 1. The van der Waals surface area contributed by atoms with E-state index in [0.29, 0.717) is 18.5 Å². The van der Waals surface area contributed by atoms with Crippen LogP contribution in [0.2, 0.25) is 0 Å². The minimum atomic E-state index is -0.390. The molecule has 3 heterocycles. The van der Waals surface area contributed by atoms with Gasteiger partial charge < -0.3 is 10.1 Å². The summed E-state index contributed by atoms with van der Waals surface area (Å²) in [6.07, 6.45) is 7.41. The molecule has 8 nitrogen and oxygen atoms in total. The Morgan fingerprint density at radius 2 is 2.11 bits per heavy atom. The van der Waals surface area contributed by atoms with E-state index in [9.17, 15) is 4.79 Å². The van der Waals surface area contributed by atoms with E-state index in [1.165, 1.54) is 12.8 Å². The number of hydrogen-bond acceptors (Lipinski definition) is 6. The highest BCUT2D eigenvalue weighted by molar-refractivity contribution is 5.67. The molecule has 0 aliphatic carbocycles. The molecule has 1 amide bonds. The van der Waals surface area contributed by atoms with Crippen LogP contribution in [0.1, 0.15) is 58.0 Å². The molecular weight excluding hydrogens is 356 g/mol. The number of alkyl carbamates (subject to hydrolysis) is 1. The second-order valence-corrected chi connectivity index (χ2v) is 7.88. The number of rotatable bonds is 3. The summed E-state index contributed by atoms with van der Waals surface area (Å²) >= 11 is 0. The van der Waals surface area contributed by atoms with E-state index in [2.05, 4.69) is 38.3 Å². The van der Waals surface area contributed by atoms with Gasteiger partial charge in [-0.25, -0.2) is 19.7 Å². The molecule has 0 radical (unpaired) electrons. The predicted octanol–water partition coefficient (Wildman–Crippen LogP) is 3.27. The zero-order valence-corrected chi connectivity index (χ0v) is 17.8. The molecule has 1 unspecified atom stereocenters. The molecule has 1 fully saturated rings. The lowest BCUT2D eigenvalue weighted by Crippen LogP contribution is -2.32. The van der Waals surface area contributed by atoms with Crippen LogP contribution in [0.5, 0.6) is 0 Å². The number of aryl methyl sites for hydroxylation is 1. The molecule has 2 aromatic rings. The molecule has 1 saturated heterocycles. The fourth-order valence-corrected chi connectivity index (χ4v) is 2.98. The SMILES string of the molecule is CCNC(=O)OC(C)(C)C.Cc1cc(C2CCCN2C)nc(-n2ccnc2)n1. The van der Waals surface area contributed by atoms with Crippen molar-refractivity contribution in [1.82, 2.24) is 29.7 Å². The van der Waals surface area contributed by atoms with Crippen molar-refractivity contribution in [2.45, 2.75) is 59.1 Å². The first-order chi connectivity index (χ1) is 13.2. The molecule has 0 bridgehead atoms. The standard InChI is InChI=1S/C13H17N5.C7H15NO2/c1-10-8-11(12-4-3-6-17(12)2)16-13(15-10)18-7-5-14-9-18;1-5-8-6(9)10-7(2,3)4/h5,7-9,12H,3-4,6H2,1-2H3;5H2,1-4H3,(H,8,9). The molecule has 1 atom stereocenters. The summed E-state index contributed by atoms with van der Waals surface area (Å²) in [5, 5.41) is 2.54. The third kappa shape index (κ3) is 6.60. The molecule has 8 heteroatoms. The average molecular weight is 389 g/mol. The Bertz CT molecular complexity index is 755. The molecule has 1 N–H and O–H groups in total. The van der Waals surface area contributed by atoms with Crippen molar-refractivity contribution in [1.29, 1.82) is 0 Å². The second-order valence-electron chi connectivity index (χ2n) is 7.88. The normalized spacial score (nSPS) is 17.0. The molecule has 0 spiro atoms. The summed E-state index contributed by atoms with van der Waals surface area (Å²) in [6, 6.07) is 2.52. The van der Waals surface area contributed by atoms with Crippen molar-refractivity contribution in [3.63, 3.8) is 0 Å². The van der Waals surface area contributed by atoms with E-state index in [0.717, 1.165) is 17.9 Å². The third-order valence-electron chi connectivity index (χ3n) is 4.18. The van der Waals surface area contributed by atoms with Gasteiger partial charge in [0.25, 0.3) is 0 Å². The van der Waals surface area contributed by atoms with Crippen molar-refractivity contribution in [3.8, 4) is 5.95 Å². The maximum Gasteiger partial charge on any atom is 0.407 e. The van der Waals surface area contributed by atoms with Gasteiger partial charge in [0.1, 0.15) is 11.9 Å². The zero-order valence-electron chi connectivity index (χ0n) is 17.8. The number of amides is 1. The Kier molecular flexibility index (Phi) is 7.51. The van der Waals surface area contributed by atoms with Gasteiger partial charge in [0.05, 0.1) is 11.7 Å². The number of ether oxygens (including phenoxy) is 1. The number of carbonyl (C=O) groups is 1. The molecule has 1 aliphatic rings. The molecule has 0 aromatic carbocycles. The van der Waals surface area contributed by atoms with Crippen LogP contribution in [0, 0.1) is 6.92 Å². The monoisotopic (exact) mass is 388 g/mol. The fourth-order valence-electron chi connectivity index (χ4n) is 2.98. The van der Waals surface area contributed by atoms with E-state index in [1.807, 2.05) is 45.4 Å². The summed E-state index contributed by atoms with van der Waals surface area (Å²) in [6.45, 7) is 11.1. The van der Waals surface area contributed by atoms with Gasteiger partial charge in [-0.15, -0.1) is 0 Å². The van der Waals surface area contributed by atoms with Crippen LogP contribution < -0.4 is 5.32 Å². The minimum Gasteiger partial charge on any atom is -0.444 e. The lowest BCUT2D eigenvalue weighted by Gasteiger charge is -2.19. The molecule has 3 rings (SSSR count). The van der Waals surface area contributed by atoms with Crippen molar-refractivity contribution in [2.75, 3.05) is 20.1 Å². The average Bonchev–Trinajstić information content (AvgIpc) is 3.24. The number of likely N-dealkylation sites (tertiary alicyclic amines) is 1. The summed E-state index contributed by atoms with van der Waals surface area (Å²) in [5.74, 6) is 0.711. The van der Waals surface area contributed by atoms with E-state index in [1.54, 1.807) is 12.5 Å². The lowest BCUT2D eigenvalue weighted by molar-refractivity contribution is 0.0531. The fraction of sp³-hybridized carbons (Fsp3) is 0.600. The minimum absolute atomic E-state index is 0.352. The van der Waals surface area contributed by atoms with Gasteiger partial charge in [-0.05, 0) is 67.1 Å². The maximum atomic E-state index is 10.7. The lowest BCUT2D eigenvalue weighted by atomic mass is 10.1. The largest absolute Gasteiger partial charge is 0.444 e. The van der Waals surface area contributed by atoms with Gasteiger partial charge in [0, 0.05) is 24.6 Å². The van der Waals surface area contributed by atoms with E-state index in [4.69, 9.17) is 4.74 Å². The molecule has 28 heavy (non-hydrogen) atoms. The van der Waals surface area contributed by atoms with Crippen LogP contribution in [0.3, 0.4) is 0 Å². The van der Waals surface area contributed by atoms with Crippen LogP contribution in [0.4, 0.5) is 4.79 Å². The molecule has 154 valence electrons. The number of aromatic nitrogens is 4. The summed E-state index contributed by atoms with van der Waals surface area (Å²) in [5.41, 5.74) is 1.73. The van der Waals surface area contributed by atoms with Gasteiger partial charge >= 0.3 is 6.09 Å². The van der Waals surface area contributed by atoms with Crippen LogP contribution in [-0.4, -0.2) is 56.3 Å².